The minimum absolute atomic E-state index is 0.302. The average molecular weight is 260 g/mol. The SMILES string of the molecule is Cc1c(F)cc(C#N)cc1NC1CCCC(C)CC1. The molecule has 1 aliphatic rings. The number of anilines is 1. The van der Waals surface area contributed by atoms with Gasteiger partial charge in [0, 0.05) is 17.3 Å². The molecule has 1 N–H and O–H groups in total. The van der Waals surface area contributed by atoms with Gasteiger partial charge in [-0.3, -0.25) is 0 Å². The van der Waals surface area contributed by atoms with E-state index in [0.717, 1.165) is 24.4 Å². The van der Waals surface area contributed by atoms with Crippen molar-refractivity contribution >= 4 is 5.69 Å². The fourth-order valence-electron chi connectivity index (χ4n) is 2.74. The number of rotatable bonds is 2. The molecule has 1 aliphatic carbocycles. The van der Waals surface area contributed by atoms with Crippen molar-refractivity contribution < 1.29 is 4.39 Å². The Morgan fingerprint density at radius 2 is 2.05 bits per heavy atom. The summed E-state index contributed by atoms with van der Waals surface area (Å²) >= 11 is 0. The minimum Gasteiger partial charge on any atom is -0.382 e. The Balaban J connectivity index is 2.14. The number of halogens is 1. The molecule has 3 heteroatoms. The number of nitrogens with one attached hydrogen (secondary N) is 1. The van der Waals surface area contributed by atoms with Gasteiger partial charge >= 0.3 is 0 Å². The van der Waals surface area contributed by atoms with Gasteiger partial charge in [0.1, 0.15) is 5.82 Å². The topological polar surface area (TPSA) is 35.8 Å². The van der Waals surface area contributed by atoms with Crippen LogP contribution in [0, 0.1) is 30.0 Å². The Kier molecular flexibility index (Phi) is 4.42. The van der Waals surface area contributed by atoms with E-state index in [2.05, 4.69) is 12.2 Å². The Morgan fingerprint density at radius 1 is 1.26 bits per heavy atom. The summed E-state index contributed by atoms with van der Waals surface area (Å²) in [4.78, 5) is 0. The second-order valence-corrected chi connectivity index (χ2v) is 5.70. The third-order valence-corrected chi connectivity index (χ3v) is 4.09. The van der Waals surface area contributed by atoms with Gasteiger partial charge < -0.3 is 5.32 Å². The molecule has 2 nitrogen and oxygen atoms in total. The molecular weight excluding hydrogens is 239 g/mol. The predicted molar refractivity (Wildman–Crippen MR) is 75.5 cm³/mol. The largest absolute Gasteiger partial charge is 0.382 e. The van der Waals surface area contributed by atoms with Crippen LogP contribution in [-0.4, -0.2) is 6.04 Å². The van der Waals surface area contributed by atoms with Gasteiger partial charge in [-0.1, -0.05) is 19.8 Å². The van der Waals surface area contributed by atoms with Crippen LogP contribution in [0.15, 0.2) is 12.1 Å². The third kappa shape index (κ3) is 3.47. The fourth-order valence-corrected chi connectivity index (χ4v) is 2.74. The highest BCUT2D eigenvalue weighted by atomic mass is 19.1. The molecule has 0 aliphatic heterocycles. The molecular formula is C16H21FN2. The van der Waals surface area contributed by atoms with Crippen molar-refractivity contribution in [3.63, 3.8) is 0 Å². The normalized spacial score (nSPS) is 23.5. The maximum Gasteiger partial charge on any atom is 0.129 e. The predicted octanol–water partition coefficient (Wildman–Crippen LogP) is 4.39. The Labute approximate surface area is 114 Å². The molecule has 0 saturated heterocycles. The Bertz CT molecular complexity index is 490. The first kappa shape index (κ1) is 13.9. The van der Waals surface area contributed by atoms with E-state index in [1.807, 2.05) is 6.07 Å². The summed E-state index contributed by atoms with van der Waals surface area (Å²) in [5.41, 5.74) is 1.76. The van der Waals surface area contributed by atoms with Crippen molar-refractivity contribution in [1.29, 1.82) is 5.26 Å². The van der Waals surface area contributed by atoms with Crippen molar-refractivity contribution in [2.75, 3.05) is 5.32 Å². The lowest BCUT2D eigenvalue weighted by Gasteiger charge is -2.20. The summed E-state index contributed by atoms with van der Waals surface area (Å²) in [6, 6.07) is 5.47. The van der Waals surface area contributed by atoms with E-state index in [1.165, 1.54) is 25.3 Å². The van der Waals surface area contributed by atoms with Crippen LogP contribution in [0.1, 0.15) is 50.2 Å². The molecule has 102 valence electrons. The lowest BCUT2D eigenvalue weighted by atomic mass is 10.0. The van der Waals surface area contributed by atoms with Gasteiger partial charge in [0.2, 0.25) is 0 Å². The molecule has 0 amide bonds. The van der Waals surface area contributed by atoms with Crippen LogP contribution in [0.2, 0.25) is 0 Å². The third-order valence-electron chi connectivity index (χ3n) is 4.09. The summed E-state index contributed by atoms with van der Waals surface area (Å²) in [5, 5.41) is 12.4. The molecule has 0 radical (unpaired) electrons. The van der Waals surface area contributed by atoms with Gasteiger partial charge in [0.15, 0.2) is 0 Å². The smallest absolute Gasteiger partial charge is 0.129 e. The summed E-state index contributed by atoms with van der Waals surface area (Å²) in [6.45, 7) is 4.06. The molecule has 19 heavy (non-hydrogen) atoms. The quantitative estimate of drug-likeness (QED) is 0.801. The molecule has 2 atom stereocenters. The van der Waals surface area contributed by atoms with Gasteiger partial charge in [-0.2, -0.15) is 5.26 Å². The molecule has 0 heterocycles. The summed E-state index contributed by atoms with van der Waals surface area (Å²) in [6.07, 6.45) is 5.97. The van der Waals surface area contributed by atoms with Crippen LogP contribution >= 0.6 is 0 Å². The van der Waals surface area contributed by atoms with E-state index in [4.69, 9.17) is 5.26 Å². The first-order valence-corrected chi connectivity index (χ1v) is 7.07. The minimum atomic E-state index is -0.302. The standard InChI is InChI=1S/C16H21FN2/c1-11-4-3-5-14(7-6-11)19-16-9-13(10-18)8-15(17)12(16)2/h8-9,11,14,19H,3-7H2,1-2H3. The lowest BCUT2D eigenvalue weighted by Crippen LogP contribution is -2.19. The zero-order chi connectivity index (χ0) is 13.8. The van der Waals surface area contributed by atoms with Crippen molar-refractivity contribution in [2.45, 2.75) is 52.0 Å². The van der Waals surface area contributed by atoms with Crippen LogP contribution in [0.3, 0.4) is 0 Å². The van der Waals surface area contributed by atoms with Gasteiger partial charge in [-0.15, -0.1) is 0 Å². The highest BCUT2D eigenvalue weighted by molar-refractivity contribution is 5.56. The summed E-state index contributed by atoms with van der Waals surface area (Å²) in [5.74, 6) is 0.485. The molecule has 0 bridgehead atoms. The van der Waals surface area contributed by atoms with Crippen LogP contribution in [0.4, 0.5) is 10.1 Å². The Morgan fingerprint density at radius 3 is 2.79 bits per heavy atom. The molecule has 1 aromatic carbocycles. The zero-order valence-electron chi connectivity index (χ0n) is 11.7. The van der Waals surface area contributed by atoms with E-state index < -0.39 is 0 Å². The molecule has 1 fully saturated rings. The van der Waals surface area contributed by atoms with E-state index in [0.29, 0.717) is 17.2 Å². The second kappa shape index (κ2) is 6.06. The van der Waals surface area contributed by atoms with Gasteiger partial charge in [-0.25, -0.2) is 4.39 Å². The maximum absolute atomic E-state index is 13.7. The van der Waals surface area contributed by atoms with Gasteiger partial charge in [0.25, 0.3) is 0 Å². The number of benzene rings is 1. The Hall–Kier alpha value is -1.56. The van der Waals surface area contributed by atoms with Crippen LogP contribution in [0.5, 0.6) is 0 Å². The van der Waals surface area contributed by atoms with Crippen molar-refractivity contribution in [3.8, 4) is 6.07 Å². The monoisotopic (exact) mass is 260 g/mol. The molecule has 2 unspecified atom stereocenters. The number of hydrogen-bond acceptors (Lipinski definition) is 2. The highest BCUT2D eigenvalue weighted by Gasteiger charge is 2.17. The number of hydrogen-bond donors (Lipinski definition) is 1. The first-order valence-electron chi connectivity index (χ1n) is 7.07. The van der Waals surface area contributed by atoms with Crippen LogP contribution in [0.25, 0.3) is 0 Å². The second-order valence-electron chi connectivity index (χ2n) is 5.70. The number of nitriles is 1. The van der Waals surface area contributed by atoms with Gasteiger partial charge in [0.05, 0.1) is 11.6 Å². The summed E-state index contributed by atoms with van der Waals surface area (Å²) in [7, 11) is 0. The van der Waals surface area contributed by atoms with Crippen molar-refractivity contribution in [1.82, 2.24) is 0 Å². The van der Waals surface area contributed by atoms with Crippen LogP contribution < -0.4 is 5.32 Å². The number of nitrogens with zero attached hydrogens (tertiary/aromatic N) is 1. The molecule has 2 rings (SSSR count). The molecule has 0 aromatic heterocycles. The highest BCUT2D eigenvalue weighted by Crippen LogP contribution is 2.27. The summed E-state index contributed by atoms with van der Waals surface area (Å²) < 4.78 is 13.7. The first-order chi connectivity index (χ1) is 9.10. The van der Waals surface area contributed by atoms with Crippen LogP contribution in [-0.2, 0) is 0 Å². The van der Waals surface area contributed by atoms with E-state index in [9.17, 15) is 4.39 Å². The fraction of sp³-hybridized carbons (Fsp3) is 0.562. The van der Waals surface area contributed by atoms with E-state index in [1.54, 1.807) is 13.0 Å². The van der Waals surface area contributed by atoms with E-state index in [-0.39, 0.29) is 5.82 Å². The molecule has 1 saturated carbocycles. The van der Waals surface area contributed by atoms with Crippen molar-refractivity contribution in [3.05, 3.63) is 29.1 Å². The van der Waals surface area contributed by atoms with Gasteiger partial charge in [-0.05, 0) is 44.2 Å². The zero-order valence-corrected chi connectivity index (χ0v) is 11.7. The average Bonchev–Trinajstić information content (AvgIpc) is 2.59. The van der Waals surface area contributed by atoms with Crippen molar-refractivity contribution in [2.24, 2.45) is 5.92 Å². The molecule has 0 spiro atoms. The van der Waals surface area contributed by atoms with E-state index >= 15 is 0 Å². The maximum atomic E-state index is 13.7. The lowest BCUT2D eigenvalue weighted by molar-refractivity contribution is 0.502. The molecule has 1 aromatic rings.